The summed E-state index contributed by atoms with van der Waals surface area (Å²) in [6.45, 7) is 9.88. The first kappa shape index (κ1) is 31.9. The topological polar surface area (TPSA) is 86.1 Å². The summed E-state index contributed by atoms with van der Waals surface area (Å²) in [5, 5.41) is 19.2. The van der Waals surface area contributed by atoms with E-state index in [2.05, 4.69) is 29.7 Å². The van der Waals surface area contributed by atoms with Crippen molar-refractivity contribution in [2.45, 2.75) is 71.9 Å². The molecule has 5 rings (SSSR count). The van der Waals surface area contributed by atoms with Crippen molar-refractivity contribution in [2.75, 3.05) is 38.2 Å². The van der Waals surface area contributed by atoms with E-state index in [1.54, 1.807) is 11.3 Å². The van der Waals surface area contributed by atoms with E-state index < -0.39 is 5.97 Å². The highest BCUT2D eigenvalue weighted by molar-refractivity contribution is 7.14. The number of hydrogen-bond acceptors (Lipinski definition) is 7. The third-order valence-electron chi connectivity index (χ3n) is 8.66. The number of carbonyl (C=O) groups is 1. The van der Waals surface area contributed by atoms with E-state index >= 15 is 4.39 Å². The van der Waals surface area contributed by atoms with Gasteiger partial charge in [-0.25, -0.2) is 9.37 Å². The number of carboxylic acid groups (broad SMARTS) is 1. The van der Waals surface area contributed by atoms with Crippen LogP contribution >= 0.6 is 11.3 Å². The van der Waals surface area contributed by atoms with E-state index in [1.807, 2.05) is 36.6 Å². The highest BCUT2D eigenvalue weighted by Gasteiger charge is 2.27. The molecule has 0 spiro atoms. The molecule has 1 aromatic heterocycles. The van der Waals surface area contributed by atoms with Crippen LogP contribution in [0.1, 0.15) is 61.8 Å². The molecule has 42 heavy (non-hydrogen) atoms. The zero-order valence-corrected chi connectivity index (χ0v) is 26.1. The van der Waals surface area contributed by atoms with Crippen LogP contribution in [0.5, 0.6) is 5.75 Å². The van der Waals surface area contributed by atoms with Crippen molar-refractivity contribution < 1.29 is 24.1 Å². The van der Waals surface area contributed by atoms with Gasteiger partial charge in [-0.15, -0.1) is 11.3 Å². The van der Waals surface area contributed by atoms with Gasteiger partial charge in [0.25, 0.3) is 0 Å². The predicted molar refractivity (Wildman–Crippen MR) is 167 cm³/mol. The molecule has 0 saturated carbocycles. The number of piperidine rings is 1. The maximum atomic E-state index is 15.8. The Kier molecular flexibility index (Phi) is 11.4. The Balaban J connectivity index is 0.00000198. The van der Waals surface area contributed by atoms with E-state index in [1.165, 1.54) is 0 Å². The minimum atomic E-state index is -0.712. The number of ether oxygens (including phenoxy) is 1. The number of aliphatic carboxylic acids is 1. The van der Waals surface area contributed by atoms with Gasteiger partial charge in [0.1, 0.15) is 18.2 Å². The number of carboxylic acids is 1. The van der Waals surface area contributed by atoms with Gasteiger partial charge in [0.15, 0.2) is 5.13 Å². The average Bonchev–Trinajstić information content (AvgIpc) is 3.40. The lowest BCUT2D eigenvalue weighted by molar-refractivity contribution is -0.142. The number of rotatable bonds is 9. The van der Waals surface area contributed by atoms with Gasteiger partial charge in [-0.3, -0.25) is 9.69 Å². The van der Waals surface area contributed by atoms with Crippen molar-refractivity contribution in [3.63, 3.8) is 0 Å². The molecule has 2 N–H and O–H groups in total. The van der Waals surface area contributed by atoms with Crippen molar-refractivity contribution in [2.24, 2.45) is 5.92 Å². The fourth-order valence-corrected chi connectivity index (χ4v) is 7.05. The van der Waals surface area contributed by atoms with E-state index in [9.17, 15) is 9.90 Å². The Hall–Kier alpha value is -3.01. The summed E-state index contributed by atoms with van der Waals surface area (Å²) in [6, 6.07) is 10.5. The highest BCUT2D eigenvalue weighted by Crippen LogP contribution is 2.37. The van der Waals surface area contributed by atoms with E-state index in [0.29, 0.717) is 37.5 Å². The third kappa shape index (κ3) is 7.13. The van der Waals surface area contributed by atoms with Gasteiger partial charge in [-0.1, -0.05) is 38.1 Å². The zero-order chi connectivity index (χ0) is 30.2. The van der Waals surface area contributed by atoms with Crippen LogP contribution in [0.2, 0.25) is 0 Å². The number of fused-ring (bicyclic) bond motifs is 1. The summed E-state index contributed by atoms with van der Waals surface area (Å²) >= 11 is 1.56. The minimum absolute atomic E-state index is 0.125. The van der Waals surface area contributed by atoms with E-state index in [4.69, 9.17) is 14.8 Å². The van der Waals surface area contributed by atoms with Crippen molar-refractivity contribution in [1.82, 2.24) is 9.88 Å². The number of aliphatic hydroxyl groups is 1. The van der Waals surface area contributed by atoms with Crippen LogP contribution in [0.3, 0.4) is 0 Å². The third-order valence-corrected chi connectivity index (χ3v) is 9.56. The van der Waals surface area contributed by atoms with Gasteiger partial charge in [-0.2, -0.15) is 0 Å². The quantitative estimate of drug-likeness (QED) is 0.298. The first-order chi connectivity index (χ1) is 20.4. The summed E-state index contributed by atoms with van der Waals surface area (Å²) in [5.41, 5.74) is 5.24. The van der Waals surface area contributed by atoms with Crippen molar-refractivity contribution >= 4 is 22.4 Å². The number of thiazole rings is 1. The normalized spacial score (nSPS) is 16.0. The number of aliphatic hydroxyl groups excluding tert-OH is 1. The number of aromatic nitrogens is 1. The summed E-state index contributed by atoms with van der Waals surface area (Å²) in [4.78, 5) is 20.9. The largest absolute Gasteiger partial charge is 0.488 e. The number of benzene rings is 2. The smallest absolute Gasteiger partial charge is 0.306 e. The maximum absolute atomic E-state index is 15.8. The second-order valence-corrected chi connectivity index (χ2v) is 11.9. The van der Waals surface area contributed by atoms with Crippen LogP contribution in [-0.2, 0) is 24.2 Å². The number of halogens is 1. The molecule has 2 aliphatic rings. The Morgan fingerprint density at radius 3 is 2.50 bits per heavy atom. The van der Waals surface area contributed by atoms with Gasteiger partial charge in [-0.05, 0) is 68.2 Å². The molecule has 3 aromatic rings. The first-order valence-corrected chi connectivity index (χ1v) is 15.9. The SMILES string of the molecule is CCC(CC)N1CCc2ccc(COc3c(C)cccc3-c3csc(N4CCC(C(=O)O)CC4)n3)c(F)c2CC1.CO. The van der Waals surface area contributed by atoms with Gasteiger partial charge >= 0.3 is 5.97 Å². The standard InChI is InChI=1S/C32H40FN3O3S.CH4O/c1-4-25(5-2)35-15-11-22-9-10-24(29(33)26(22)14-18-35)19-39-30-21(3)7-6-8-27(30)28-20-40-32(34-28)36-16-12-23(13-17-36)31(37)38;1-2/h6-10,20,23,25H,4-5,11-19H2,1-3H3,(H,37,38);2H,1H3. The number of nitrogens with zero attached hydrogens (tertiary/aromatic N) is 3. The Morgan fingerprint density at radius 1 is 1.10 bits per heavy atom. The fourth-order valence-electron chi connectivity index (χ4n) is 6.17. The molecule has 3 heterocycles. The predicted octanol–water partition coefficient (Wildman–Crippen LogP) is 6.34. The second-order valence-electron chi connectivity index (χ2n) is 11.0. The number of hydrogen-bond donors (Lipinski definition) is 2. The van der Waals surface area contributed by atoms with Crippen LogP contribution in [-0.4, -0.2) is 65.4 Å². The van der Waals surface area contributed by atoms with Crippen LogP contribution < -0.4 is 9.64 Å². The molecule has 0 unspecified atom stereocenters. The fraction of sp³-hybridized carbons (Fsp3) is 0.515. The van der Waals surface area contributed by atoms with Gasteiger partial charge in [0, 0.05) is 55.8 Å². The van der Waals surface area contributed by atoms with Gasteiger partial charge in [0.2, 0.25) is 0 Å². The lowest BCUT2D eigenvalue weighted by atomic mass is 9.97. The summed E-state index contributed by atoms with van der Waals surface area (Å²) < 4.78 is 22.1. The van der Waals surface area contributed by atoms with Crippen LogP contribution in [0.25, 0.3) is 11.3 Å². The molecule has 9 heteroatoms. The molecule has 0 atom stereocenters. The summed E-state index contributed by atoms with van der Waals surface area (Å²) in [7, 11) is 1.00. The molecular formula is C33H44FN3O4S. The van der Waals surface area contributed by atoms with Crippen molar-refractivity contribution in [1.29, 1.82) is 0 Å². The maximum Gasteiger partial charge on any atom is 0.306 e. The Labute approximate surface area is 253 Å². The Bertz CT molecular complexity index is 1330. The minimum Gasteiger partial charge on any atom is -0.488 e. The molecule has 0 aliphatic carbocycles. The number of aryl methyl sites for hydroxylation is 1. The summed E-state index contributed by atoms with van der Waals surface area (Å²) in [5.74, 6) is -0.391. The van der Waals surface area contributed by atoms with Crippen LogP contribution in [0.4, 0.5) is 9.52 Å². The van der Waals surface area contributed by atoms with Gasteiger partial charge in [0.05, 0.1) is 11.6 Å². The first-order valence-electron chi connectivity index (χ1n) is 15.0. The van der Waals surface area contributed by atoms with Crippen LogP contribution in [0, 0.1) is 18.7 Å². The number of anilines is 1. The molecule has 2 aromatic carbocycles. The molecule has 1 saturated heterocycles. The summed E-state index contributed by atoms with van der Waals surface area (Å²) in [6.07, 6.45) is 5.11. The van der Waals surface area contributed by atoms with Crippen molar-refractivity contribution in [3.05, 3.63) is 63.8 Å². The Morgan fingerprint density at radius 2 is 1.81 bits per heavy atom. The molecular weight excluding hydrogens is 553 g/mol. The molecule has 228 valence electrons. The lowest BCUT2D eigenvalue weighted by Gasteiger charge is -2.29. The molecule has 0 amide bonds. The molecule has 0 radical (unpaired) electrons. The molecule has 2 aliphatic heterocycles. The van der Waals surface area contributed by atoms with Crippen molar-refractivity contribution in [3.8, 4) is 17.0 Å². The number of para-hydroxylation sites is 1. The second kappa shape index (κ2) is 14.9. The average molecular weight is 598 g/mol. The zero-order valence-electron chi connectivity index (χ0n) is 25.2. The van der Waals surface area contributed by atoms with E-state index in [-0.39, 0.29) is 18.3 Å². The monoisotopic (exact) mass is 597 g/mol. The molecule has 0 bridgehead atoms. The van der Waals surface area contributed by atoms with Crippen LogP contribution in [0.15, 0.2) is 35.7 Å². The lowest BCUT2D eigenvalue weighted by Crippen LogP contribution is -2.36. The molecule has 7 nitrogen and oxygen atoms in total. The van der Waals surface area contributed by atoms with E-state index in [0.717, 1.165) is 84.7 Å². The van der Waals surface area contributed by atoms with Gasteiger partial charge < -0.3 is 19.8 Å². The highest BCUT2D eigenvalue weighted by atomic mass is 32.1. The molecule has 1 fully saturated rings.